The third-order valence-corrected chi connectivity index (χ3v) is 2.97. The molecule has 1 heterocycles. The smallest absolute Gasteiger partial charge is 0.339 e. The van der Waals surface area contributed by atoms with E-state index < -0.39 is 5.97 Å². The van der Waals surface area contributed by atoms with Gasteiger partial charge in [0.25, 0.3) is 0 Å². The van der Waals surface area contributed by atoms with E-state index in [4.69, 9.17) is 4.74 Å². The fourth-order valence-electron chi connectivity index (χ4n) is 1.83. The molecular formula is C15H19N5O2. The van der Waals surface area contributed by atoms with Crippen molar-refractivity contribution in [2.24, 2.45) is 0 Å². The quantitative estimate of drug-likeness (QED) is 0.600. The monoisotopic (exact) mass is 301 g/mol. The van der Waals surface area contributed by atoms with E-state index in [1.807, 2.05) is 6.07 Å². The van der Waals surface area contributed by atoms with Gasteiger partial charge in [0.2, 0.25) is 5.95 Å². The van der Waals surface area contributed by atoms with Gasteiger partial charge in [0.05, 0.1) is 24.6 Å². The van der Waals surface area contributed by atoms with Crippen LogP contribution in [0.4, 0.5) is 17.5 Å². The number of aromatic nitrogens is 3. The lowest BCUT2D eigenvalue weighted by Gasteiger charge is -2.10. The second kappa shape index (κ2) is 7.92. The number of hydrogen-bond donors (Lipinski definition) is 2. The van der Waals surface area contributed by atoms with Crippen LogP contribution in [-0.4, -0.2) is 34.8 Å². The molecule has 7 nitrogen and oxygen atoms in total. The molecule has 0 atom stereocenters. The molecule has 2 aromatic rings. The number of benzene rings is 1. The van der Waals surface area contributed by atoms with Crippen molar-refractivity contribution in [3.63, 3.8) is 0 Å². The Hall–Kier alpha value is -2.70. The predicted octanol–water partition coefficient (Wildman–Crippen LogP) is 2.61. The third kappa shape index (κ3) is 4.15. The molecule has 2 rings (SSSR count). The maximum Gasteiger partial charge on any atom is 0.339 e. The first-order chi connectivity index (χ1) is 10.7. The summed E-state index contributed by atoms with van der Waals surface area (Å²) >= 11 is 0. The van der Waals surface area contributed by atoms with Gasteiger partial charge in [-0.15, -0.1) is 5.10 Å². The van der Waals surface area contributed by atoms with E-state index in [2.05, 4.69) is 32.7 Å². The molecule has 1 aromatic heterocycles. The van der Waals surface area contributed by atoms with Crippen LogP contribution in [0.3, 0.4) is 0 Å². The second-order valence-electron chi connectivity index (χ2n) is 4.61. The summed E-state index contributed by atoms with van der Waals surface area (Å²) in [4.78, 5) is 16.1. The van der Waals surface area contributed by atoms with Crippen LogP contribution >= 0.6 is 0 Å². The Morgan fingerprint density at radius 3 is 2.91 bits per heavy atom. The van der Waals surface area contributed by atoms with Crippen LogP contribution in [0, 0.1) is 0 Å². The molecule has 2 N–H and O–H groups in total. The summed E-state index contributed by atoms with van der Waals surface area (Å²) in [5, 5.41) is 14.0. The molecule has 0 aliphatic carbocycles. The number of carbonyl (C=O) groups excluding carboxylic acids is 1. The number of esters is 1. The largest absolute Gasteiger partial charge is 0.465 e. The van der Waals surface area contributed by atoms with Gasteiger partial charge in [-0.25, -0.2) is 4.79 Å². The predicted molar refractivity (Wildman–Crippen MR) is 84.3 cm³/mol. The Kier molecular flexibility index (Phi) is 5.65. The highest BCUT2D eigenvalue weighted by atomic mass is 16.5. The molecule has 1 aromatic carbocycles. The summed E-state index contributed by atoms with van der Waals surface area (Å²) in [7, 11) is 1.35. The van der Waals surface area contributed by atoms with Gasteiger partial charge in [0.15, 0.2) is 5.82 Å². The van der Waals surface area contributed by atoms with Crippen LogP contribution in [0.25, 0.3) is 0 Å². The summed E-state index contributed by atoms with van der Waals surface area (Å²) in [5.41, 5.74) is 1.04. The number of anilines is 3. The second-order valence-corrected chi connectivity index (χ2v) is 4.61. The van der Waals surface area contributed by atoms with Gasteiger partial charge in [-0.2, -0.15) is 10.1 Å². The van der Waals surface area contributed by atoms with Gasteiger partial charge in [0.1, 0.15) is 0 Å². The maximum atomic E-state index is 11.7. The maximum absolute atomic E-state index is 11.7. The minimum absolute atomic E-state index is 0.411. The zero-order valence-electron chi connectivity index (χ0n) is 12.7. The number of unbranched alkanes of at least 4 members (excludes halogenated alkanes) is 1. The summed E-state index contributed by atoms with van der Waals surface area (Å²) in [6.45, 7) is 2.91. The fourth-order valence-corrected chi connectivity index (χ4v) is 1.83. The lowest BCUT2D eigenvalue weighted by molar-refractivity contribution is 0.0602. The number of carbonyl (C=O) groups is 1. The van der Waals surface area contributed by atoms with Gasteiger partial charge >= 0.3 is 5.97 Å². The van der Waals surface area contributed by atoms with Crippen molar-refractivity contribution in [1.82, 2.24) is 15.2 Å². The van der Waals surface area contributed by atoms with E-state index >= 15 is 0 Å². The number of methoxy groups -OCH3 is 1. The van der Waals surface area contributed by atoms with Crippen LogP contribution in [0.5, 0.6) is 0 Å². The molecule has 7 heteroatoms. The summed E-state index contributed by atoms with van der Waals surface area (Å²) in [6.07, 6.45) is 3.62. The topological polar surface area (TPSA) is 89.0 Å². The molecule has 0 radical (unpaired) electrons. The van der Waals surface area contributed by atoms with Crippen LogP contribution in [0.15, 0.2) is 30.5 Å². The third-order valence-electron chi connectivity index (χ3n) is 2.97. The van der Waals surface area contributed by atoms with Crippen molar-refractivity contribution in [2.45, 2.75) is 19.8 Å². The average molecular weight is 301 g/mol. The van der Waals surface area contributed by atoms with Crippen molar-refractivity contribution in [3.8, 4) is 0 Å². The van der Waals surface area contributed by atoms with Gasteiger partial charge in [-0.1, -0.05) is 25.5 Å². The highest BCUT2D eigenvalue weighted by Crippen LogP contribution is 2.20. The average Bonchev–Trinajstić information content (AvgIpc) is 2.55. The van der Waals surface area contributed by atoms with E-state index in [9.17, 15) is 4.79 Å². The van der Waals surface area contributed by atoms with Crippen molar-refractivity contribution in [2.75, 3.05) is 24.3 Å². The fraction of sp³-hybridized carbons (Fsp3) is 0.333. The van der Waals surface area contributed by atoms with E-state index in [0.29, 0.717) is 23.0 Å². The lowest BCUT2D eigenvalue weighted by Crippen LogP contribution is -2.09. The molecule has 116 valence electrons. The van der Waals surface area contributed by atoms with E-state index in [0.717, 1.165) is 19.4 Å². The molecular weight excluding hydrogens is 282 g/mol. The molecule has 0 bridgehead atoms. The van der Waals surface area contributed by atoms with Gasteiger partial charge < -0.3 is 15.4 Å². The number of ether oxygens (including phenoxy) is 1. The Bertz CT molecular complexity index is 633. The number of nitrogens with zero attached hydrogens (tertiary/aromatic N) is 3. The molecule has 0 unspecified atom stereocenters. The van der Waals surface area contributed by atoms with Gasteiger partial charge in [-0.05, 0) is 18.6 Å². The highest BCUT2D eigenvalue weighted by Gasteiger charge is 2.11. The van der Waals surface area contributed by atoms with Crippen LogP contribution in [0.2, 0.25) is 0 Å². The van der Waals surface area contributed by atoms with Crippen molar-refractivity contribution in [3.05, 3.63) is 36.0 Å². The van der Waals surface area contributed by atoms with Crippen molar-refractivity contribution in [1.29, 1.82) is 0 Å². The first-order valence-corrected chi connectivity index (χ1v) is 7.12. The first-order valence-electron chi connectivity index (χ1n) is 7.12. The van der Waals surface area contributed by atoms with Crippen LogP contribution in [-0.2, 0) is 4.74 Å². The molecule has 0 fully saturated rings. The van der Waals surface area contributed by atoms with Crippen LogP contribution in [0.1, 0.15) is 30.1 Å². The molecule has 0 spiro atoms. The Morgan fingerprint density at radius 1 is 1.32 bits per heavy atom. The van der Waals surface area contributed by atoms with Crippen molar-refractivity contribution < 1.29 is 9.53 Å². The van der Waals surface area contributed by atoms with Crippen molar-refractivity contribution >= 4 is 23.4 Å². The Labute approximate surface area is 129 Å². The Balaban J connectivity index is 2.14. The van der Waals surface area contributed by atoms with Gasteiger partial charge in [-0.3, -0.25) is 0 Å². The van der Waals surface area contributed by atoms with E-state index in [1.54, 1.807) is 18.2 Å². The summed E-state index contributed by atoms with van der Waals surface area (Å²) in [5.74, 6) is 0.547. The minimum atomic E-state index is -0.411. The SMILES string of the molecule is CCCCNc1nncc(Nc2ccccc2C(=O)OC)n1. The normalized spacial score (nSPS) is 10.1. The molecule has 0 amide bonds. The first kappa shape index (κ1) is 15.7. The number of hydrogen-bond acceptors (Lipinski definition) is 7. The summed E-state index contributed by atoms with van der Waals surface area (Å²) < 4.78 is 4.76. The number of rotatable bonds is 7. The van der Waals surface area contributed by atoms with Gasteiger partial charge in [0, 0.05) is 6.54 Å². The molecule has 0 aliphatic heterocycles. The Morgan fingerprint density at radius 2 is 2.14 bits per heavy atom. The molecule has 0 saturated carbocycles. The van der Waals surface area contributed by atoms with Crippen LogP contribution < -0.4 is 10.6 Å². The lowest BCUT2D eigenvalue weighted by atomic mass is 10.2. The minimum Gasteiger partial charge on any atom is -0.465 e. The standard InChI is InChI=1S/C15H19N5O2/c1-3-4-9-16-15-19-13(10-17-20-15)18-12-8-6-5-7-11(12)14(21)22-2/h5-8,10H,3-4,9H2,1-2H3,(H2,16,18,19,20). The molecule has 0 saturated heterocycles. The van der Waals surface area contributed by atoms with E-state index in [1.165, 1.54) is 13.3 Å². The molecule has 22 heavy (non-hydrogen) atoms. The van der Waals surface area contributed by atoms with E-state index in [-0.39, 0.29) is 0 Å². The molecule has 0 aliphatic rings. The highest BCUT2D eigenvalue weighted by molar-refractivity contribution is 5.96. The zero-order valence-corrected chi connectivity index (χ0v) is 12.7. The number of nitrogens with one attached hydrogen (secondary N) is 2. The zero-order chi connectivity index (χ0) is 15.8. The number of para-hydroxylation sites is 1. The summed E-state index contributed by atoms with van der Waals surface area (Å²) in [6, 6.07) is 7.05.